The zero-order valence-corrected chi connectivity index (χ0v) is 26.4. The summed E-state index contributed by atoms with van der Waals surface area (Å²) in [7, 11) is 0. The molecule has 0 amide bonds. The second-order valence-electron chi connectivity index (χ2n) is 11.1. The monoisotopic (exact) mass is 704 g/mol. The van der Waals surface area contributed by atoms with Crippen molar-refractivity contribution in [1.29, 1.82) is 0 Å². The molecular formula is C35H33IrN3O-2. The van der Waals surface area contributed by atoms with E-state index in [0.29, 0.717) is 0 Å². The van der Waals surface area contributed by atoms with Crippen LogP contribution in [0.2, 0.25) is 0 Å². The predicted molar refractivity (Wildman–Crippen MR) is 160 cm³/mol. The fourth-order valence-electron chi connectivity index (χ4n) is 4.41. The number of fused-ring (bicyclic) bond motifs is 3. The van der Waals surface area contributed by atoms with Gasteiger partial charge >= 0.3 is 0 Å². The van der Waals surface area contributed by atoms with Gasteiger partial charge in [0.15, 0.2) is 0 Å². The summed E-state index contributed by atoms with van der Waals surface area (Å²) in [5.74, 6) is 0. The number of rotatable bonds is 2. The Morgan fingerprint density at radius 3 is 2.27 bits per heavy atom. The van der Waals surface area contributed by atoms with Crippen LogP contribution in [0.15, 0.2) is 77.8 Å². The minimum Gasteiger partial charge on any atom is -0.506 e. The van der Waals surface area contributed by atoms with E-state index in [9.17, 15) is 0 Å². The molecule has 205 valence electrons. The van der Waals surface area contributed by atoms with E-state index in [4.69, 9.17) is 4.42 Å². The van der Waals surface area contributed by atoms with Crippen LogP contribution in [0.3, 0.4) is 0 Å². The van der Waals surface area contributed by atoms with Crippen molar-refractivity contribution in [1.82, 2.24) is 15.0 Å². The van der Waals surface area contributed by atoms with Gasteiger partial charge in [-0.1, -0.05) is 86.8 Å². The van der Waals surface area contributed by atoms with Gasteiger partial charge in [-0.2, -0.15) is 0 Å². The van der Waals surface area contributed by atoms with Crippen molar-refractivity contribution in [2.45, 2.75) is 53.9 Å². The Kier molecular flexibility index (Phi) is 8.68. The summed E-state index contributed by atoms with van der Waals surface area (Å²) in [4.78, 5) is 13.5. The summed E-state index contributed by atoms with van der Waals surface area (Å²) in [5, 5.41) is 1.93. The molecule has 0 saturated heterocycles. The number of hydrogen-bond donors (Lipinski definition) is 0. The van der Waals surface area contributed by atoms with Crippen LogP contribution in [0, 0.1) is 39.8 Å². The van der Waals surface area contributed by atoms with Crippen molar-refractivity contribution in [3.8, 4) is 22.5 Å². The maximum atomic E-state index is 5.59. The second kappa shape index (κ2) is 11.8. The molecule has 0 aliphatic rings. The Bertz CT molecular complexity index is 1750. The number of hydrogen-bond acceptors (Lipinski definition) is 4. The van der Waals surface area contributed by atoms with Crippen LogP contribution >= 0.6 is 0 Å². The maximum Gasteiger partial charge on any atom is 0.0847 e. The number of benzene rings is 2. The molecule has 0 spiro atoms. The van der Waals surface area contributed by atoms with Gasteiger partial charge in [-0.25, -0.2) is 0 Å². The van der Waals surface area contributed by atoms with Gasteiger partial charge in [-0.3, -0.25) is 9.97 Å². The first-order chi connectivity index (χ1) is 18.6. The van der Waals surface area contributed by atoms with Crippen LogP contribution in [0.25, 0.3) is 44.4 Å². The summed E-state index contributed by atoms with van der Waals surface area (Å²) >= 11 is 0. The molecule has 4 aromatic heterocycles. The number of nitrogens with zero attached hydrogens (tertiary/aromatic N) is 3. The minimum absolute atomic E-state index is 0. The third-order valence-electron chi connectivity index (χ3n) is 7.17. The zero-order valence-electron chi connectivity index (χ0n) is 24.0. The smallest absolute Gasteiger partial charge is 0.0847 e. The Morgan fingerprint density at radius 2 is 1.55 bits per heavy atom. The van der Waals surface area contributed by atoms with E-state index < -0.39 is 0 Å². The van der Waals surface area contributed by atoms with Gasteiger partial charge in [0.05, 0.1) is 5.58 Å². The van der Waals surface area contributed by atoms with E-state index in [1.54, 1.807) is 12.5 Å². The van der Waals surface area contributed by atoms with E-state index in [1.165, 1.54) is 27.8 Å². The first-order valence-electron chi connectivity index (χ1n) is 13.2. The maximum absolute atomic E-state index is 5.59. The van der Waals surface area contributed by atoms with E-state index in [1.807, 2.05) is 36.7 Å². The van der Waals surface area contributed by atoms with Gasteiger partial charge < -0.3 is 9.40 Å². The van der Waals surface area contributed by atoms with Crippen LogP contribution in [0.1, 0.15) is 48.6 Å². The van der Waals surface area contributed by atoms with Gasteiger partial charge in [0.25, 0.3) is 0 Å². The van der Waals surface area contributed by atoms with Gasteiger partial charge in [0.1, 0.15) is 0 Å². The van der Waals surface area contributed by atoms with E-state index >= 15 is 0 Å². The summed E-state index contributed by atoms with van der Waals surface area (Å²) in [5.41, 5.74) is 12.0. The molecule has 0 bridgehead atoms. The fraction of sp³-hybridized carbons (Fsp3) is 0.229. The van der Waals surface area contributed by atoms with Gasteiger partial charge in [0.2, 0.25) is 0 Å². The van der Waals surface area contributed by atoms with Crippen molar-refractivity contribution >= 4 is 21.9 Å². The third-order valence-corrected chi connectivity index (χ3v) is 7.17. The Labute approximate surface area is 250 Å². The van der Waals surface area contributed by atoms with Crippen LogP contribution in [0.4, 0.5) is 0 Å². The van der Waals surface area contributed by atoms with E-state index in [-0.39, 0.29) is 25.5 Å². The zero-order chi connectivity index (χ0) is 27.7. The molecule has 6 rings (SSSR count). The number of aromatic nitrogens is 3. The number of aryl methyl sites for hydroxylation is 4. The molecule has 2 aromatic carbocycles. The van der Waals surface area contributed by atoms with E-state index in [0.717, 1.165) is 44.4 Å². The molecule has 0 fully saturated rings. The molecule has 4 heterocycles. The van der Waals surface area contributed by atoms with Crippen LogP contribution in [-0.4, -0.2) is 15.0 Å². The molecule has 4 nitrogen and oxygen atoms in total. The SMILES string of the molecule is CC(C)(C)c1ccnc(-c2[c-]c3ccoc3c3ncccc23)c1.Cc1c[c-]c(-c2cc(C)c(C)cn2)cc1C.[Ir]. The molecule has 6 aromatic rings. The normalized spacial score (nSPS) is 11.2. The van der Waals surface area contributed by atoms with Crippen LogP contribution in [-0.2, 0) is 25.5 Å². The quantitative estimate of drug-likeness (QED) is 0.169. The van der Waals surface area contributed by atoms with Crippen molar-refractivity contribution < 1.29 is 24.5 Å². The standard InChI is InChI=1S/C20H17N2O.C15H16N.Ir/c1-20(2,3)14-6-9-21-17(12-14)16-11-13-7-10-23-19(13)18-15(16)5-4-8-22-18;1-10-5-6-14(7-11(10)2)15-8-12(3)13(4)9-16-15;/h4-10,12H,1-3H3;5,7-9H,1-4H3;/q2*-1;. The molecule has 0 aliphatic heterocycles. The van der Waals surface area contributed by atoms with Crippen molar-refractivity contribution in [2.24, 2.45) is 0 Å². The molecule has 0 saturated carbocycles. The summed E-state index contributed by atoms with van der Waals surface area (Å²) in [6.07, 6.45) is 7.25. The van der Waals surface area contributed by atoms with Crippen LogP contribution < -0.4 is 0 Å². The van der Waals surface area contributed by atoms with Gasteiger partial charge in [-0.15, -0.1) is 41.0 Å². The molecule has 40 heavy (non-hydrogen) atoms. The molecule has 0 aliphatic carbocycles. The Morgan fingerprint density at radius 1 is 0.775 bits per heavy atom. The predicted octanol–water partition coefficient (Wildman–Crippen LogP) is 8.92. The van der Waals surface area contributed by atoms with Crippen molar-refractivity contribution in [3.05, 3.63) is 113 Å². The summed E-state index contributed by atoms with van der Waals surface area (Å²) in [6, 6.07) is 23.1. The molecule has 5 heteroatoms. The largest absolute Gasteiger partial charge is 0.506 e. The number of furan rings is 1. The van der Waals surface area contributed by atoms with Gasteiger partial charge in [-0.05, 0) is 42.1 Å². The average molecular weight is 704 g/mol. The molecule has 0 atom stereocenters. The summed E-state index contributed by atoms with van der Waals surface area (Å²) in [6.45, 7) is 15.0. The average Bonchev–Trinajstić information content (AvgIpc) is 3.41. The molecular weight excluding hydrogens is 671 g/mol. The van der Waals surface area contributed by atoms with E-state index in [2.05, 4.69) is 99.8 Å². The first kappa shape index (κ1) is 29.3. The first-order valence-corrected chi connectivity index (χ1v) is 13.2. The fourth-order valence-corrected chi connectivity index (χ4v) is 4.41. The molecule has 1 radical (unpaired) electrons. The van der Waals surface area contributed by atoms with Gasteiger partial charge in [0, 0.05) is 56.2 Å². The Balaban J connectivity index is 0.000000192. The van der Waals surface area contributed by atoms with Crippen molar-refractivity contribution in [2.75, 3.05) is 0 Å². The third kappa shape index (κ3) is 6.06. The summed E-state index contributed by atoms with van der Waals surface area (Å²) < 4.78 is 5.59. The second-order valence-corrected chi connectivity index (χ2v) is 11.1. The number of pyridine rings is 3. The van der Waals surface area contributed by atoms with Crippen LogP contribution in [0.5, 0.6) is 0 Å². The van der Waals surface area contributed by atoms with Crippen molar-refractivity contribution in [3.63, 3.8) is 0 Å². The molecule has 0 N–H and O–H groups in total. The topological polar surface area (TPSA) is 51.8 Å². The Hall–Kier alpha value is -3.66. The minimum atomic E-state index is 0. The molecule has 0 unspecified atom stereocenters.